The summed E-state index contributed by atoms with van der Waals surface area (Å²) in [4.78, 5) is 8.56. The second kappa shape index (κ2) is 7.92. The molecule has 0 spiro atoms. The van der Waals surface area contributed by atoms with Crippen molar-refractivity contribution >= 4 is 22.4 Å². The molecule has 0 aliphatic heterocycles. The maximum absolute atomic E-state index is 13.4. The van der Waals surface area contributed by atoms with E-state index in [2.05, 4.69) is 20.6 Å². The Morgan fingerprint density at radius 3 is 2.66 bits per heavy atom. The van der Waals surface area contributed by atoms with Crippen molar-refractivity contribution in [2.75, 3.05) is 17.7 Å². The molecule has 6 N–H and O–H groups in total. The Bertz CT molecular complexity index is 1030. The van der Waals surface area contributed by atoms with E-state index in [0.29, 0.717) is 11.7 Å². The molecule has 29 heavy (non-hydrogen) atoms. The minimum absolute atomic E-state index is 0.296. The lowest BCUT2D eigenvalue weighted by Gasteiger charge is -2.23. The van der Waals surface area contributed by atoms with Crippen LogP contribution in [0.3, 0.4) is 0 Å². The maximum atomic E-state index is 13.4. The minimum atomic E-state index is -0.375. The maximum Gasteiger partial charge on any atom is 0.137 e. The zero-order chi connectivity index (χ0) is 20.4. The van der Waals surface area contributed by atoms with Crippen LogP contribution in [0.1, 0.15) is 24.4 Å². The lowest BCUT2D eigenvalue weighted by Crippen LogP contribution is -2.30. The average molecular weight is 393 g/mol. The van der Waals surface area contributed by atoms with Gasteiger partial charge in [-0.3, -0.25) is 0 Å². The second-order valence-electron chi connectivity index (χ2n) is 7.14. The lowest BCUT2D eigenvalue weighted by atomic mass is 10.0. The second-order valence-corrected chi connectivity index (χ2v) is 7.14. The first kappa shape index (κ1) is 18.9. The molecule has 1 fully saturated rings. The van der Waals surface area contributed by atoms with Crippen LogP contribution in [0.15, 0.2) is 60.7 Å². The van der Waals surface area contributed by atoms with Gasteiger partial charge in [0, 0.05) is 30.4 Å². The molecule has 3 aromatic rings. The van der Waals surface area contributed by atoms with Crippen LogP contribution in [-0.2, 0) is 0 Å². The summed E-state index contributed by atoms with van der Waals surface area (Å²) in [6.45, 7) is 0. The van der Waals surface area contributed by atoms with Crippen molar-refractivity contribution < 1.29 is 4.39 Å². The van der Waals surface area contributed by atoms with Gasteiger partial charge in [-0.25, -0.2) is 20.2 Å². The number of fused-ring (bicyclic) bond motifs is 1. The lowest BCUT2D eigenvalue weighted by molar-refractivity contribution is 0.378. The van der Waals surface area contributed by atoms with Gasteiger partial charge in [-0.1, -0.05) is 12.1 Å². The Hall–Kier alpha value is -3.39. The predicted octanol–water partition coefficient (Wildman–Crippen LogP) is 3.10. The molecule has 0 radical (unpaired) electrons. The van der Waals surface area contributed by atoms with E-state index in [4.69, 9.17) is 11.6 Å². The van der Waals surface area contributed by atoms with E-state index in [-0.39, 0.29) is 11.9 Å². The summed E-state index contributed by atoms with van der Waals surface area (Å²) in [5.74, 6) is 6.53. The Morgan fingerprint density at radius 1 is 1.21 bits per heavy atom. The SMILES string of the molecule is CNc1ncnc2ccc(NC(/C(N)=C/N(N)C3CC3)c3ccc(F)cc3)cc12. The van der Waals surface area contributed by atoms with Crippen molar-refractivity contribution in [1.29, 1.82) is 0 Å². The molecule has 1 atom stereocenters. The summed E-state index contributed by atoms with van der Waals surface area (Å²) in [7, 11) is 1.82. The number of nitrogens with one attached hydrogen (secondary N) is 2. The van der Waals surface area contributed by atoms with Crippen molar-refractivity contribution in [3.63, 3.8) is 0 Å². The largest absolute Gasteiger partial charge is 0.399 e. The fraction of sp³-hybridized carbons (Fsp3) is 0.238. The Kier molecular flexibility index (Phi) is 5.18. The summed E-state index contributed by atoms with van der Waals surface area (Å²) in [6, 6.07) is 12.0. The van der Waals surface area contributed by atoms with Gasteiger partial charge in [0.1, 0.15) is 18.0 Å². The number of hydrazine groups is 1. The van der Waals surface area contributed by atoms with E-state index in [1.54, 1.807) is 23.3 Å². The highest BCUT2D eigenvalue weighted by Crippen LogP contribution is 2.30. The summed E-state index contributed by atoms with van der Waals surface area (Å²) < 4.78 is 13.4. The number of halogens is 1. The van der Waals surface area contributed by atoms with E-state index in [1.807, 2.05) is 25.2 Å². The molecular weight excluding hydrogens is 369 g/mol. The van der Waals surface area contributed by atoms with E-state index in [9.17, 15) is 4.39 Å². The Labute approximate surface area is 168 Å². The highest BCUT2D eigenvalue weighted by molar-refractivity contribution is 5.91. The molecule has 7 nitrogen and oxygen atoms in total. The van der Waals surface area contributed by atoms with Crippen molar-refractivity contribution in [2.24, 2.45) is 11.6 Å². The van der Waals surface area contributed by atoms with Gasteiger partial charge in [-0.05, 0) is 48.7 Å². The van der Waals surface area contributed by atoms with Crippen LogP contribution in [0.25, 0.3) is 10.9 Å². The molecule has 8 heteroatoms. The Morgan fingerprint density at radius 2 is 1.97 bits per heavy atom. The molecule has 1 unspecified atom stereocenters. The van der Waals surface area contributed by atoms with Crippen molar-refractivity contribution in [1.82, 2.24) is 15.0 Å². The van der Waals surface area contributed by atoms with Crippen LogP contribution in [0.2, 0.25) is 0 Å². The van der Waals surface area contributed by atoms with Gasteiger partial charge in [0.25, 0.3) is 0 Å². The van der Waals surface area contributed by atoms with E-state index in [0.717, 1.165) is 40.8 Å². The first-order valence-electron chi connectivity index (χ1n) is 9.50. The first-order chi connectivity index (χ1) is 14.0. The van der Waals surface area contributed by atoms with Gasteiger partial charge in [-0.2, -0.15) is 0 Å². The van der Waals surface area contributed by atoms with Crippen LogP contribution < -0.4 is 22.2 Å². The smallest absolute Gasteiger partial charge is 0.137 e. The normalized spacial score (nSPS) is 15.2. The van der Waals surface area contributed by atoms with Gasteiger partial charge in [0.2, 0.25) is 0 Å². The summed E-state index contributed by atoms with van der Waals surface area (Å²) >= 11 is 0. The first-order valence-corrected chi connectivity index (χ1v) is 9.50. The van der Waals surface area contributed by atoms with Crippen molar-refractivity contribution in [2.45, 2.75) is 24.9 Å². The van der Waals surface area contributed by atoms with Gasteiger partial charge < -0.3 is 21.4 Å². The van der Waals surface area contributed by atoms with Gasteiger partial charge in [0.15, 0.2) is 0 Å². The molecule has 0 saturated heterocycles. The molecule has 1 aromatic heterocycles. The zero-order valence-electron chi connectivity index (χ0n) is 16.1. The third kappa shape index (κ3) is 4.22. The number of nitrogens with zero attached hydrogens (tertiary/aromatic N) is 3. The van der Waals surface area contributed by atoms with Crippen LogP contribution in [0.4, 0.5) is 15.9 Å². The molecule has 150 valence electrons. The summed E-state index contributed by atoms with van der Waals surface area (Å²) in [6.07, 6.45) is 5.40. The van der Waals surface area contributed by atoms with E-state index < -0.39 is 0 Å². The van der Waals surface area contributed by atoms with Gasteiger partial charge >= 0.3 is 0 Å². The Balaban J connectivity index is 1.69. The van der Waals surface area contributed by atoms with Gasteiger partial charge in [0.05, 0.1) is 17.3 Å². The monoisotopic (exact) mass is 393 g/mol. The average Bonchev–Trinajstić information content (AvgIpc) is 3.57. The van der Waals surface area contributed by atoms with Crippen LogP contribution >= 0.6 is 0 Å². The molecule has 1 aliphatic carbocycles. The van der Waals surface area contributed by atoms with Crippen LogP contribution in [-0.4, -0.2) is 28.1 Å². The van der Waals surface area contributed by atoms with Crippen LogP contribution in [0.5, 0.6) is 0 Å². The number of benzene rings is 2. The number of nitrogens with two attached hydrogens (primary N) is 2. The molecule has 2 aromatic carbocycles. The van der Waals surface area contributed by atoms with Gasteiger partial charge in [-0.15, -0.1) is 0 Å². The molecule has 1 saturated carbocycles. The highest BCUT2D eigenvalue weighted by Gasteiger charge is 2.26. The number of rotatable bonds is 7. The third-order valence-electron chi connectivity index (χ3n) is 4.99. The van der Waals surface area contributed by atoms with Crippen molar-refractivity contribution in [3.05, 3.63) is 72.1 Å². The number of hydrogen-bond donors (Lipinski definition) is 4. The van der Waals surface area contributed by atoms with E-state index in [1.165, 1.54) is 18.5 Å². The predicted molar refractivity (Wildman–Crippen MR) is 113 cm³/mol. The highest BCUT2D eigenvalue weighted by atomic mass is 19.1. The van der Waals surface area contributed by atoms with Crippen molar-refractivity contribution in [3.8, 4) is 0 Å². The molecule has 0 bridgehead atoms. The standard InChI is InChI=1S/C21H24FN7/c1-25-21-17-10-15(6-9-19(17)26-12-27-21)28-20(13-2-4-14(22)5-3-13)18(23)11-29(24)16-7-8-16/h2-6,9-12,16,20,28H,7-8,23-24H2,1H3,(H,25,26,27)/b18-11-. The molecule has 1 aliphatic rings. The summed E-state index contributed by atoms with van der Waals surface area (Å²) in [5.41, 5.74) is 9.47. The third-order valence-corrected chi connectivity index (χ3v) is 4.99. The molecule has 1 heterocycles. The fourth-order valence-corrected chi connectivity index (χ4v) is 3.25. The zero-order valence-corrected chi connectivity index (χ0v) is 16.1. The fourth-order valence-electron chi connectivity index (χ4n) is 3.25. The number of anilines is 2. The molecular formula is C21H24FN7. The number of hydrogen-bond acceptors (Lipinski definition) is 7. The molecule has 0 amide bonds. The van der Waals surface area contributed by atoms with Crippen LogP contribution in [0, 0.1) is 5.82 Å². The summed E-state index contributed by atoms with van der Waals surface area (Å²) in [5, 5.41) is 9.06. The quantitative estimate of drug-likeness (QED) is 0.361. The number of aromatic nitrogens is 2. The van der Waals surface area contributed by atoms with E-state index >= 15 is 0 Å². The topological polar surface area (TPSA) is 105 Å². The molecule has 4 rings (SSSR count). The minimum Gasteiger partial charge on any atom is -0.399 e.